The van der Waals surface area contributed by atoms with Crippen LogP contribution >= 0.6 is 11.3 Å². The summed E-state index contributed by atoms with van der Waals surface area (Å²) >= 11 is 1.77. The number of aromatic nitrogens is 3. The van der Waals surface area contributed by atoms with Gasteiger partial charge < -0.3 is 5.73 Å². The van der Waals surface area contributed by atoms with Crippen LogP contribution in [0.5, 0.6) is 0 Å². The predicted octanol–water partition coefficient (Wildman–Crippen LogP) is 3.34. The monoisotopic (exact) mass is 286 g/mol. The standard InChI is InChI=1S/C15H18N4S/c1-2-5-13(16)14-9-19(18-17-14)8-11-10-20-15-7-4-3-6-12(11)15/h3-4,6-7,9-10,13H,2,5,8,16H2,1H3. The summed E-state index contributed by atoms with van der Waals surface area (Å²) in [4.78, 5) is 0. The highest BCUT2D eigenvalue weighted by Crippen LogP contribution is 2.26. The quantitative estimate of drug-likeness (QED) is 0.782. The fourth-order valence-corrected chi connectivity index (χ4v) is 3.30. The lowest BCUT2D eigenvalue weighted by atomic mass is 10.1. The molecule has 0 amide bonds. The topological polar surface area (TPSA) is 56.7 Å². The van der Waals surface area contributed by atoms with Crippen molar-refractivity contribution in [3.63, 3.8) is 0 Å². The molecular weight excluding hydrogens is 268 g/mol. The number of thiophene rings is 1. The average Bonchev–Trinajstić information content (AvgIpc) is 3.08. The summed E-state index contributed by atoms with van der Waals surface area (Å²) in [5, 5.41) is 11.9. The van der Waals surface area contributed by atoms with Crippen molar-refractivity contribution in [2.24, 2.45) is 5.73 Å². The van der Waals surface area contributed by atoms with Crippen LogP contribution in [0.4, 0.5) is 0 Å². The summed E-state index contributed by atoms with van der Waals surface area (Å²) in [6, 6.07) is 8.44. The number of fused-ring (bicyclic) bond motifs is 1. The summed E-state index contributed by atoms with van der Waals surface area (Å²) in [7, 11) is 0. The second-order valence-corrected chi connectivity index (χ2v) is 5.90. The molecule has 5 heteroatoms. The van der Waals surface area contributed by atoms with E-state index in [1.807, 2.05) is 10.9 Å². The zero-order valence-electron chi connectivity index (χ0n) is 11.5. The van der Waals surface area contributed by atoms with Crippen molar-refractivity contribution in [2.45, 2.75) is 32.4 Å². The molecule has 0 aliphatic rings. The van der Waals surface area contributed by atoms with Crippen LogP contribution in [-0.4, -0.2) is 15.0 Å². The number of benzene rings is 1. The van der Waals surface area contributed by atoms with E-state index in [1.54, 1.807) is 11.3 Å². The second-order valence-electron chi connectivity index (χ2n) is 4.99. The molecular formula is C15H18N4S. The SMILES string of the molecule is CCCC(N)c1cn(Cc2csc3ccccc23)nn1. The van der Waals surface area contributed by atoms with E-state index in [0.717, 1.165) is 25.1 Å². The van der Waals surface area contributed by atoms with E-state index < -0.39 is 0 Å². The second kappa shape index (κ2) is 5.73. The predicted molar refractivity (Wildman–Crippen MR) is 82.8 cm³/mol. The first-order valence-corrected chi connectivity index (χ1v) is 7.76. The summed E-state index contributed by atoms with van der Waals surface area (Å²) < 4.78 is 3.19. The number of hydrogen-bond donors (Lipinski definition) is 1. The number of rotatable bonds is 5. The van der Waals surface area contributed by atoms with Crippen molar-refractivity contribution in [1.82, 2.24) is 15.0 Å². The van der Waals surface area contributed by atoms with E-state index in [0.29, 0.717) is 0 Å². The molecule has 1 atom stereocenters. The van der Waals surface area contributed by atoms with E-state index in [2.05, 4.69) is 46.9 Å². The van der Waals surface area contributed by atoms with Gasteiger partial charge in [-0.25, -0.2) is 4.68 Å². The molecule has 2 heterocycles. The van der Waals surface area contributed by atoms with Crippen molar-refractivity contribution >= 4 is 21.4 Å². The van der Waals surface area contributed by atoms with Crippen LogP contribution in [0.15, 0.2) is 35.8 Å². The number of hydrogen-bond acceptors (Lipinski definition) is 4. The van der Waals surface area contributed by atoms with Gasteiger partial charge in [0, 0.05) is 4.70 Å². The molecule has 0 saturated carbocycles. The Labute approximate surface area is 122 Å². The molecule has 0 aliphatic carbocycles. The average molecular weight is 286 g/mol. The van der Waals surface area contributed by atoms with Crippen molar-refractivity contribution in [3.05, 3.63) is 47.1 Å². The summed E-state index contributed by atoms with van der Waals surface area (Å²) in [6.07, 6.45) is 3.97. The Bertz CT molecular complexity index is 701. The molecule has 1 unspecified atom stereocenters. The van der Waals surface area contributed by atoms with Crippen LogP contribution < -0.4 is 5.73 Å². The van der Waals surface area contributed by atoms with Gasteiger partial charge in [-0.2, -0.15) is 0 Å². The van der Waals surface area contributed by atoms with Gasteiger partial charge in [0.25, 0.3) is 0 Å². The molecule has 0 aliphatic heterocycles. The van der Waals surface area contributed by atoms with Crippen LogP contribution in [0.3, 0.4) is 0 Å². The summed E-state index contributed by atoms with van der Waals surface area (Å²) in [5.41, 5.74) is 8.23. The molecule has 0 fully saturated rings. The Morgan fingerprint density at radius 2 is 2.20 bits per heavy atom. The molecule has 3 rings (SSSR count). The summed E-state index contributed by atoms with van der Waals surface area (Å²) in [5.74, 6) is 0. The van der Waals surface area contributed by atoms with E-state index in [9.17, 15) is 0 Å². The van der Waals surface area contributed by atoms with Gasteiger partial charge in [0.1, 0.15) is 0 Å². The van der Waals surface area contributed by atoms with Crippen molar-refractivity contribution < 1.29 is 0 Å². The zero-order valence-corrected chi connectivity index (χ0v) is 12.3. The Hall–Kier alpha value is -1.72. The zero-order chi connectivity index (χ0) is 13.9. The minimum atomic E-state index is -0.00651. The Kier molecular flexibility index (Phi) is 3.80. The maximum Gasteiger partial charge on any atom is 0.0994 e. The van der Waals surface area contributed by atoms with Crippen molar-refractivity contribution in [3.8, 4) is 0 Å². The maximum atomic E-state index is 6.07. The molecule has 4 nitrogen and oxygen atoms in total. The number of nitrogens with zero attached hydrogens (tertiary/aromatic N) is 3. The van der Waals surface area contributed by atoms with Gasteiger partial charge in [0.2, 0.25) is 0 Å². The third kappa shape index (κ3) is 2.59. The fourth-order valence-electron chi connectivity index (χ4n) is 2.35. The molecule has 2 aromatic heterocycles. The Balaban J connectivity index is 1.81. The molecule has 1 aromatic carbocycles. The third-order valence-electron chi connectivity index (χ3n) is 3.43. The van der Waals surface area contributed by atoms with Gasteiger partial charge in [0.05, 0.1) is 24.5 Å². The van der Waals surface area contributed by atoms with Gasteiger partial charge in [-0.15, -0.1) is 16.4 Å². The maximum absolute atomic E-state index is 6.07. The fraction of sp³-hybridized carbons (Fsp3) is 0.333. The van der Waals surface area contributed by atoms with Crippen molar-refractivity contribution in [2.75, 3.05) is 0 Å². The van der Waals surface area contributed by atoms with Gasteiger partial charge in [-0.05, 0) is 28.8 Å². The molecule has 2 N–H and O–H groups in total. The van der Waals surface area contributed by atoms with Gasteiger partial charge in [0.15, 0.2) is 0 Å². The van der Waals surface area contributed by atoms with Crippen LogP contribution in [0.25, 0.3) is 10.1 Å². The molecule has 0 bridgehead atoms. The highest BCUT2D eigenvalue weighted by atomic mass is 32.1. The molecule has 0 spiro atoms. The van der Waals surface area contributed by atoms with E-state index in [4.69, 9.17) is 5.73 Å². The van der Waals surface area contributed by atoms with Crippen molar-refractivity contribution in [1.29, 1.82) is 0 Å². The number of nitrogens with two attached hydrogens (primary N) is 1. The first-order valence-electron chi connectivity index (χ1n) is 6.88. The highest BCUT2D eigenvalue weighted by Gasteiger charge is 2.11. The smallest absolute Gasteiger partial charge is 0.0994 e. The lowest BCUT2D eigenvalue weighted by molar-refractivity contribution is 0.617. The van der Waals surface area contributed by atoms with Crippen LogP contribution in [0.1, 0.15) is 37.1 Å². The Morgan fingerprint density at radius 3 is 3.05 bits per heavy atom. The Morgan fingerprint density at radius 1 is 1.35 bits per heavy atom. The minimum Gasteiger partial charge on any atom is -0.323 e. The minimum absolute atomic E-state index is 0.00651. The summed E-state index contributed by atoms with van der Waals surface area (Å²) in [6.45, 7) is 2.87. The van der Waals surface area contributed by atoms with E-state index in [1.165, 1.54) is 15.6 Å². The molecule has 3 aromatic rings. The van der Waals surface area contributed by atoms with Crippen LogP contribution in [0, 0.1) is 0 Å². The lowest BCUT2D eigenvalue weighted by Gasteiger charge is -2.04. The van der Waals surface area contributed by atoms with Gasteiger partial charge >= 0.3 is 0 Å². The van der Waals surface area contributed by atoms with Gasteiger partial charge in [-0.3, -0.25) is 0 Å². The third-order valence-corrected chi connectivity index (χ3v) is 4.44. The van der Waals surface area contributed by atoms with E-state index >= 15 is 0 Å². The lowest BCUT2D eigenvalue weighted by Crippen LogP contribution is -2.10. The largest absolute Gasteiger partial charge is 0.323 e. The normalized spacial score (nSPS) is 12.9. The molecule has 20 heavy (non-hydrogen) atoms. The molecule has 0 radical (unpaired) electrons. The first-order chi connectivity index (χ1) is 9.78. The van der Waals surface area contributed by atoms with Crippen LogP contribution in [0.2, 0.25) is 0 Å². The molecule has 104 valence electrons. The highest BCUT2D eigenvalue weighted by molar-refractivity contribution is 7.17. The van der Waals surface area contributed by atoms with E-state index in [-0.39, 0.29) is 6.04 Å². The van der Waals surface area contributed by atoms with Crippen LogP contribution in [-0.2, 0) is 6.54 Å². The molecule has 0 saturated heterocycles. The van der Waals surface area contributed by atoms with Gasteiger partial charge in [-0.1, -0.05) is 36.8 Å². The first kappa shape index (κ1) is 13.3.